The van der Waals surface area contributed by atoms with Gasteiger partial charge in [0.15, 0.2) is 5.16 Å². The van der Waals surface area contributed by atoms with E-state index >= 15 is 0 Å². The molecule has 3 rings (SSSR count). The third-order valence-corrected chi connectivity index (χ3v) is 5.66. The Morgan fingerprint density at radius 2 is 1.82 bits per heavy atom. The second kappa shape index (κ2) is 8.93. The van der Waals surface area contributed by atoms with Crippen molar-refractivity contribution in [1.29, 1.82) is 0 Å². The van der Waals surface area contributed by atoms with Crippen molar-refractivity contribution in [3.63, 3.8) is 0 Å². The number of para-hydroxylation sites is 1. The number of nitrogens with one attached hydrogen (secondary N) is 2. The van der Waals surface area contributed by atoms with Crippen molar-refractivity contribution in [3.8, 4) is 0 Å². The summed E-state index contributed by atoms with van der Waals surface area (Å²) in [6.07, 6.45) is 0.719. The normalized spacial score (nSPS) is 12.0. The number of nitrogens with zero attached hydrogens (tertiary/aromatic N) is 2. The number of benzene rings is 2. The maximum Gasteiger partial charge on any atom is 0.343 e. The molecular weight excluding hydrogens is 372 g/mol. The molecule has 1 amide bonds. The van der Waals surface area contributed by atoms with E-state index in [1.165, 1.54) is 11.8 Å². The lowest BCUT2D eigenvalue weighted by atomic mass is 10.1. The van der Waals surface area contributed by atoms with E-state index in [-0.39, 0.29) is 11.6 Å². The molecule has 0 unspecified atom stereocenters. The zero-order valence-electron chi connectivity index (χ0n) is 16.2. The average molecular weight is 397 g/mol. The Hall–Kier alpha value is -2.80. The molecule has 0 saturated carbocycles. The van der Waals surface area contributed by atoms with Gasteiger partial charge in [0.05, 0.1) is 5.25 Å². The van der Waals surface area contributed by atoms with Gasteiger partial charge in [-0.15, -0.1) is 5.10 Å². The summed E-state index contributed by atoms with van der Waals surface area (Å²) in [6, 6.07) is 15.9. The van der Waals surface area contributed by atoms with Crippen LogP contribution < -0.4 is 11.0 Å². The Labute approximate surface area is 168 Å². The second-order valence-corrected chi connectivity index (χ2v) is 8.02. The van der Waals surface area contributed by atoms with Gasteiger partial charge in [-0.3, -0.25) is 9.36 Å². The number of aryl methyl sites for hydroxylation is 3. The molecule has 0 radical (unpaired) electrons. The third-order valence-electron chi connectivity index (χ3n) is 4.57. The third kappa shape index (κ3) is 4.72. The summed E-state index contributed by atoms with van der Waals surface area (Å²) in [6.45, 7) is 6.26. The average Bonchev–Trinajstić information content (AvgIpc) is 3.03. The van der Waals surface area contributed by atoms with E-state index in [0.717, 1.165) is 28.8 Å². The second-order valence-electron chi connectivity index (χ2n) is 6.71. The van der Waals surface area contributed by atoms with Crippen molar-refractivity contribution in [2.45, 2.75) is 44.1 Å². The Bertz CT molecular complexity index is 990. The van der Waals surface area contributed by atoms with Gasteiger partial charge in [0.25, 0.3) is 0 Å². The summed E-state index contributed by atoms with van der Waals surface area (Å²) >= 11 is 1.27. The number of hydrogen-bond donors (Lipinski definition) is 2. The molecule has 0 aliphatic heterocycles. The maximum absolute atomic E-state index is 12.7. The van der Waals surface area contributed by atoms with E-state index in [1.54, 1.807) is 4.57 Å². The molecule has 28 heavy (non-hydrogen) atoms. The Kier molecular flexibility index (Phi) is 6.36. The number of rotatable bonds is 7. The predicted molar refractivity (Wildman–Crippen MR) is 113 cm³/mol. The number of H-pyrrole nitrogens is 1. The van der Waals surface area contributed by atoms with Crippen LogP contribution in [0.1, 0.15) is 23.6 Å². The summed E-state index contributed by atoms with van der Waals surface area (Å²) in [5.74, 6) is -0.118. The standard InChI is InChI=1S/C21H24N4O2S/c1-14-8-7-9-15(2)18(14)22-19(26)16(3)28-21-24-23-20(27)25(21)13-12-17-10-5-4-6-11-17/h4-11,16H,12-13H2,1-3H3,(H,22,26)(H,23,27)/t16-/m0/s1. The van der Waals surface area contributed by atoms with Crippen molar-refractivity contribution in [2.75, 3.05) is 5.32 Å². The molecular formula is C21H24N4O2S. The number of amides is 1. The molecule has 0 fully saturated rings. The highest BCUT2D eigenvalue weighted by Crippen LogP contribution is 2.24. The van der Waals surface area contributed by atoms with Gasteiger partial charge in [0.2, 0.25) is 5.91 Å². The van der Waals surface area contributed by atoms with Crippen LogP contribution in [0.3, 0.4) is 0 Å². The molecule has 1 heterocycles. The molecule has 3 aromatic rings. The number of thioether (sulfide) groups is 1. The zero-order valence-corrected chi connectivity index (χ0v) is 17.0. The monoisotopic (exact) mass is 396 g/mol. The van der Waals surface area contributed by atoms with Gasteiger partial charge in [0, 0.05) is 12.2 Å². The van der Waals surface area contributed by atoms with Gasteiger partial charge < -0.3 is 5.32 Å². The highest BCUT2D eigenvalue weighted by Gasteiger charge is 2.20. The highest BCUT2D eigenvalue weighted by molar-refractivity contribution is 8.00. The number of aromatic nitrogens is 3. The summed E-state index contributed by atoms with van der Waals surface area (Å²) in [5.41, 5.74) is 3.76. The van der Waals surface area contributed by atoms with E-state index in [2.05, 4.69) is 15.5 Å². The van der Waals surface area contributed by atoms with E-state index in [1.807, 2.05) is 69.3 Å². The minimum atomic E-state index is -0.398. The zero-order chi connectivity index (χ0) is 20.1. The van der Waals surface area contributed by atoms with E-state index in [0.29, 0.717) is 11.7 Å². The van der Waals surface area contributed by atoms with Crippen LogP contribution in [0.15, 0.2) is 58.5 Å². The SMILES string of the molecule is Cc1cccc(C)c1NC(=O)[C@H](C)Sc1n[nH]c(=O)n1CCc1ccccc1. The molecule has 2 aromatic carbocycles. The minimum absolute atomic E-state index is 0.118. The van der Waals surface area contributed by atoms with E-state index in [9.17, 15) is 9.59 Å². The predicted octanol–water partition coefficient (Wildman–Crippen LogP) is 3.55. The largest absolute Gasteiger partial charge is 0.343 e. The first-order valence-corrected chi connectivity index (χ1v) is 10.1. The van der Waals surface area contributed by atoms with E-state index in [4.69, 9.17) is 0 Å². The lowest BCUT2D eigenvalue weighted by Crippen LogP contribution is -2.25. The molecule has 2 N–H and O–H groups in total. The maximum atomic E-state index is 12.7. The van der Waals surface area contributed by atoms with Crippen LogP contribution in [0.4, 0.5) is 5.69 Å². The van der Waals surface area contributed by atoms with Crippen molar-refractivity contribution in [3.05, 3.63) is 75.7 Å². The van der Waals surface area contributed by atoms with Crippen molar-refractivity contribution >= 4 is 23.4 Å². The number of hydrogen-bond acceptors (Lipinski definition) is 4. The lowest BCUT2D eigenvalue weighted by Gasteiger charge is -2.15. The fraction of sp³-hybridized carbons (Fsp3) is 0.286. The fourth-order valence-corrected chi connectivity index (χ4v) is 3.81. The highest BCUT2D eigenvalue weighted by atomic mass is 32.2. The molecule has 146 valence electrons. The first kappa shape index (κ1) is 19.9. The lowest BCUT2D eigenvalue weighted by molar-refractivity contribution is -0.115. The van der Waals surface area contributed by atoms with Crippen molar-refractivity contribution in [2.24, 2.45) is 0 Å². The summed E-state index contributed by atoms with van der Waals surface area (Å²) in [5, 5.41) is 9.71. The number of carbonyl (C=O) groups is 1. The van der Waals surface area contributed by atoms with Crippen molar-refractivity contribution in [1.82, 2.24) is 14.8 Å². The molecule has 1 aromatic heterocycles. The molecule has 0 aliphatic carbocycles. The van der Waals surface area contributed by atoms with Gasteiger partial charge in [-0.25, -0.2) is 9.89 Å². The topological polar surface area (TPSA) is 79.8 Å². The van der Waals surface area contributed by atoms with Gasteiger partial charge >= 0.3 is 5.69 Å². The fourth-order valence-electron chi connectivity index (χ4n) is 2.92. The molecule has 1 atom stereocenters. The first-order chi connectivity index (χ1) is 13.5. The number of carbonyl (C=O) groups excluding carboxylic acids is 1. The Morgan fingerprint density at radius 3 is 2.50 bits per heavy atom. The van der Waals surface area contributed by atoms with Crippen LogP contribution >= 0.6 is 11.8 Å². The number of anilines is 1. The first-order valence-electron chi connectivity index (χ1n) is 9.18. The summed E-state index contributed by atoms with van der Waals surface area (Å²) in [4.78, 5) is 24.8. The Balaban J connectivity index is 1.68. The van der Waals surface area contributed by atoms with Gasteiger partial charge in [0.1, 0.15) is 0 Å². The van der Waals surface area contributed by atoms with Crippen LogP contribution in [0, 0.1) is 13.8 Å². The van der Waals surface area contributed by atoms with E-state index < -0.39 is 5.25 Å². The molecule has 0 spiro atoms. The number of aromatic amines is 1. The van der Waals surface area contributed by atoms with Crippen LogP contribution in [0.5, 0.6) is 0 Å². The molecule has 0 bridgehead atoms. The summed E-state index contributed by atoms with van der Waals surface area (Å²) in [7, 11) is 0. The van der Waals surface area contributed by atoms with Gasteiger partial charge in [-0.2, -0.15) is 0 Å². The quantitative estimate of drug-likeness (QED) is 0.599. The van der Waals surface area contributed by atoms with Gasteiger partial charge in [-0.1, -0.05) is 60.3 Å². The van der Waals surface area contributed by atoms with Crippen LogP contribution in [0.25, 0.3) is 0 Å². The van der Waals surface area contributed by atoms with Crippen LogP contribution in [0.2, 0.25) is 0 Å². The van der Waals surface area contributed by atoms with Crippen molar-refractivity contribution < 1.29 is 4.79 Å². The molecule has 7 heteroatoms. The van der Waals surface area contributed by atoms with Crippen LogP contribution in [-0.2, 0) is 17.8 Å². The smallest absolute Gasteiger partial charge is 0.325 e. The van der Waals surface area contributed by atoms with Crippen LogP contribution in [-0.4, -0.2) is 25.9 Å². The van der Waals surface area contributed by atoms with Gasteiger partial charge in [-0.05, 0) is 43.9 Å². The summed E-state index contributed by atoms with van der Waals surface area (Å²) < 4.78 is 1.58. The molecule has 0 aliphatic rings. The Morgan fingerprint density at radius 1 is 1.14 bits per heavy atom. The molecule has 6 nitrogen and oxygen atoms in total. The minimum Gasteiger partial charge on any atom is -0.325 e. The molecule has 0 saturated heterocycles.